The van der Waals surface area contributed by atoms with Crippen molar-refractivity contribution in [2.45, 2.75) is 32.2 Å². The van der Waals surface area contributed by atoms with Gasteiger partial charge in [-0.25, -0.2) is 0 Å². The summed E-state index contributed by atoms with van der Waals surface area (Å²) in [5.74, 6) is 2.68. The first-order chi connectivity index (χ1) is 6.27. The van der Waals surface area contributed by atoms with Crippen LogP contribution in [0.15, 0.2) is 0 Å². The summed E-state index contributed by atoms with van der Waals surface area (Å²) in [6, 6.07) is 0.803. The van der Waals surface area contributed by atoms with Crippen LogP contribution in [0, 0.1) is 5.92 Å². The predicted molar refractivity (Wildman–Crippen MR) is 56.3 cm³/mol. The molecular weight excluding hydrogens is 182 g/mol. The number of hydrogen-bond acceptors (Lipinski definition) is 2. The van der Waals surface area contributed by atoms with Gasteiger partial charge in [0.2, 0.25) is 0 Å². The Labute approximate surface area is 83.1 Å². The molecule has 0 spiro atoms. The van der Waals surface area contributed by atoms with Gasteiger partial charge in [0.15, 0.2) is 0 Å². The molecule has 0 aromatic heterocycles. The van der Waals surface area contributed by atoms with Crippen LogP contribution in [0.5, 0.6) is 0 Å². The van der Waals surface area contributed by atoms with Crippen molar-refractivity contribution in [3.63, 3.8) is 0 Å². The van der Waals surface area contributed by atoms with E-state index in [1.165, 1.54) is 19.3 Å². The van der Waals surface area contributed by atoms with Crippen molar-refractivity contribution in [1.82, 2.24) is 4.90 Å². The van der Waals surface area contributed by atoms with Crippen LogP contribution in [-0.4, -0.2) is 39.7 Å². The molecule has 0 bridgehead atoms. The van der Waals surface area contributed by atoms with E-state index in [4.69, 9.17) is 0 Å². The molecule has 0 amide bonds. The fraction of sp³-hybridized carbons (Fsp3) is 1.00. The lowest BCUT2D eigenvalue weighted by molar-refractivity contribution is 0.182. The quantitative estimate of drug-likeness (QED) is 0.636. The van der Waals surface area contributed by atoms with E-state index >= 15 is 0 Å². The lowest BCUT2D eigenvalue weighted by Gasteiger charge is -2.34. The SMILES string of the molecule is CC1CCCC1N1CCS(=O)CC1. The van der Waals surface area contributed by atoms with Crippen LogP contribution in [-0.2, 0) is 10.8 Å². The van der Waals surface area contributed by atoms with Gasteiger partial charge in [0.1, 0.15) is 0 Å². The lowest BCUT2D eigenvalue weighted by atomic mass is 10.0. The molecule has 1 aliphatic heterocycles. The first kappa shape index (κ1) is 9.66. The van der Waals surface area contributed by atoms with Crippen molar-refractivity contribution in [3.8, 4) is 0 Å². The Hall–Kier alpha value is 0.110. The van der Waals surface area contributed by atoms with Crippen molar-refractivity contribution >= 4 is 10.8 Å². The summed E-state index contributed by atoms with van der Waals surface area (Å²) in [5.41, 5.74) is 0. The van der Waals surface area contributed by atoms with E-state index in [0.29, 0.717) is 0 Å². The summed E-state index contributed by atoms with van der Waals surface area (Å²) < 4.78 is 11.2. The maximum Gasteiger partial charge on any atom is 0.0363 e. The molecular formula is C10H19NOS. The smallest absolute Gasteiger partial charge is 0.0363 e. The van der Waals surface area contributed by atoms with Gasteiger partial charge in [0.25, 0.3) is 0 Å². The second-order valence-corrected chi connectivity index (χ2v) is 6.06. The van der Waals surface area contributed by atoms with Crippen molar-refractivity contribution in [3.05, 3.63) is 0 Å². The van der Waals surface area contributed by atoms with Crippen LogP contribution >= 0.6 is 0 Å². The Morgan fingerprint density at radius 2 is 1.92 bits per heavy atom. The fourth-order valence-corrected chi connectivity index (χ4v) is 3.73. The Balaban J connectivity index is 1.90. The van der Waals surface area contributed by atoms with Gasteiger partial charge in [0, 0.05) is 41.4 Å². The molecule has 13 heavy (non-hydrogen) atoms. The van der Waals surface area contributed by atoms with E-state index in [9.17, 15) is 4.21 Å². The molecule has 0 radical (unpaired) electrons. The average Bonchev–Trinajstić information content (AvgIpc) is 2.53. The summed E-state index contributed by atoms with van der Waals surface area (Å²) in [6.45, 7) is 4.51. The second kappa shape index (κ2) is 4.09. The van der Waals surface area contributed by atoms with E-state index in [-0.39, 0.29) is 0 Å². The second-order valence-electron chi connectivity index (χ2n) is 4.36. The highest BCUT2D eigenvalue weighted by molar-refractivity contribution is 7.85. The van der Waals surface area contributed by atoms with E-state index in [0.717, 1.165) is 36.6 Å². The Kier molecular flexibility index (Phi) is 3.04. The predicted octanol–water partition coefficient (Wildman–Crippen LogP) is 1.24. The monoisotopic (exact) mass is 201 g/mol. The number of nitrogens with zero attached hydrogens (tertiary/aromatic N) is 1. The lowest BCUT2D eigenvalue weighted by Crippen LogP contribution is -2.45. The molecule has 0 aromatic rings. The zero-order valence-corrected chi connectivity index (χ0v) is 9.18. The van der Waals surface area contributed by atoms with E-state index in [2.05, 4.69) is 11.8 Å². The maximum absolute atomic E-state index is 11.2. The first-order valence-corrected chi connectivity index (χ1v) is 6.85. The molecule has 76 valence electrons. The molecule has 1 saturated carbocycles. The summed E-state index contributed by atoms with van der Waals surface area (Å²) in [5, 5.41) is 0. The van der Waals surface area contributed by atoms with Crippen LogP contribution in [0.2, 0.25) is 0 Å². The molecule has 1 heterocycles. The van der Waals surface area contributed by atoms with Crippen LogP contribution in [0.1, 0.15) is 26.2 Å². The normalized spacial score (nSPS) is 38.2. The third-order valence-electron chi connectivity index (χ3n) is 3.50. The van der Waals surface area contributed by atoms with Crippen molar-refractivity contribution in [1.29, 1.82) is 0 Å². The highest BCUT2D eigenvalue weighted by atomic mass is 32.2. The van der Waals surface area contributed by atoms with Crippen LogP contribution in [0.3, 0.4) is 0 Å². The van der Waals surface area contributed by atoms with Gasteiger partial charge in [-0.3, -0.25) is 9.11 Å². The van der Waals surface area contributed by atoms with E-state index in [1.54, 1.807) is 0 Å². The zero-order valence-electron chi connectivity index (χ0n) is 8.37. The first-order valence-electron chi connectivity index (χ1n) is 5.36. The molecule has 2 nitrogen and oxygen atoms in total. The minimum atomic E-state index is -0.514. The van der Waals surface area contributed by atoms with Crippen LogP contribution in [0.25, 0.3) is 0 Å². The number of rotatable bonds is 1. The molecule has 2 unspecified atom stereocenters. The average molecular weight is 201 g/mol. The van der Waals surface area contributed by atoms with Gasteiger partial charge in [-0.05, 0) is 18.8 Å². The topological polar surface area (TPSA) is 20.3 Å². The molecule has 1 aliphatic carbocycles. The third kappa shape index (κ3) is 2.13. The highest BCUT2D eigenvalue weighted by Crippen LogP contribution is 2.29. The van der Waals surface area contributed by atoms with Crippen molar-refractivity contribution in [2.24, 2.45) is 5.92 Å². The summed E-state index contributed by atoms with van der Waals surface area (Å²) in [6.07, 6.45) is 4.16. The Morgan fingerprint density at radius 1 is 1.23 bits per heavy atom. The molecule has 2 fully saturated rings. The largest absolute Gasteiger partial charge is 0.298 e. The van der Waals surface area contributed by atoms with Gasteiger partial charge in [-0.15, -0.1) is 0 Å². The number of hydrogen-bond donors (Lipinski definition) is 0. The van der Waals surface area contributed by atoms with E-state index in [1.807, 2.05) is 0 Å². The van der Waals surface area contributed by atoms with Gasteiger partial charge in [-0.2, -0.15) is 0 Å². The van der Waals surface area contributed by atoms with Gasteiger partial charge < -0.3 is 0 Å². The minimum Gasteiger partial charge on any atom is -0.298 e. The fourth-order valence-electron chi connectivity index (χ4n) is 2.65. The molecule has 2 rings (SSSR count). The molecule has 0 N–H and O–H groups in total. The molecule has 2 atom stereocenters. The molecule has 2 aliphatic rings. The third-order valence-corrected chi connectivity index (χ3v) is 4.77. The van der Waals surface area contributed by atoms with Gasteiger partial charge in [-0.1, -0.05) is 13.3 Å². The van der Waals surface area contributed by atoms with Crippen molar-refractivity contribution in [2.75, 3.05) is 24.6 Å². The minimum absolute atomic E-state index is 0.514. The Bertz CT molecular complexity index is 197. The Morgan fingerprint density at radius 3 is 2.46 bits per heavy atom. The van der Waals surface area contributed by atoms with Crippen LogP contribution in [0.4, 0.5) is 0 Å². The summed E-state index contributed by atoms with van der Waals surface area (Å²) in [4.78, 5) is 2.57. The van der Waals surface area contributed by atoms with Crippen LogP contribution < -0.4 is 0 Å². The summed E-state index contributed by atoms with van der Waals surface area (Å²) in [7, 11) is -0.514. The zero-order chi connectivity index (χ0) is 9.26. The van der Waals surface area contributed by atoms with Crippen molar-refractivity contribution < 1.29 is 4.21 Å². The molecule has 1 saturated heterocycles. The highest BCUT2D eigenvalue weighted by Gasteiger charge is 2.30. The standard InChI is InChI=1S/C10H19NOS/c1-9-3-2-4-10(9)11-5-7-13(12)8-6-11/h9-10H,2-8H2,1H3. The molecule has 0 aromatic carbocycles. The summed E-state index contributed by atoms with van der Waals surface area (Å²) >= 11 is 0. The van der Waals surface area contributed by atoms with Gasteiger partial charge in [0.05, 0.1) is 0 Å². The van der Waals surface area contributed by atoms with Gasteiger partial charge >= 0.3 is 0 Å². The van der Waals surface area contributed by atoms with E-state index < -0.39 is 10.8 Å². The maximum atomic E-state index is 11.2. The molecule has 3 heteroatoms.